The number of ether oxygens (including phenoxy) is 2. The molecule has 0 spiro atoms. The van der Waals surface area contributed by atoms with E-state index >= 15 is 0 Å². The molecule has 1 heterocycles. The number of phenolic OH excluding ortho intramolecular Hbond substituents is 3. The number of carbonyl (C=O) groups excluding carboxylic acids is 1. The van der Waals surface area contributed by atoms with Crippen molar-refractivity contribution in [2.24, 2.45) is 0 Å². The summed E-state index contributed by atoms with van der Waals surface area (Å²) >= 11 is 0. The van der Waals surface area contributed by atoms with Crippen molar-refractivity contribution in [3.63, 3.8) is 0 Å². The summed E-state index contributed by atoms with van der Waals surface area (Å²) in [6.07, 6.45) is 3.90. The topological polar surface area (TPSA) is 108 Å². The maximum atomic E-state index is 11.4. The van der Waals surface area contributed by atoms with Gasteiger partial charge in [-0.05, 0) is 25.7 Å². The molecule has 1 aliphatic carbocycles. The lowest BCUT2D eigenvalue weighted by molar-refractivity contribution is -0.119. The van der Waals surface area contributed by atoms with Crippen LogP contribution in [0.15, 0.2) is 0 Å². The van der Waals surface area contributed by atoms with Gasteiger partial charge in [-0.25, -0.2) is 0 Å². The summed E-state index contributed by atoms with van der Waals surface area (Å²) in [5.41, 5.74) is 0.120. The first-order valence-corrected chi connectivity index (χ1v) is 7.81. The van der Waals surface area contributed by atoms with E-state index < -0.39 is 17.4 Å². The predicted molar refractivity (Wildman–Crippen MR) is 81.2 cm³/mol. The molecule has 1 aromatic rings. The number of hydrogen-bond donors (Lipinski definition) is 4. The average Bonchev–Trinajstić information content (AvgIpc) is 3.17. The van der Waals surface area contributed by atoms with Crippen LogP contribution in [0.25, 0.3) is 0 Å². The van der Waals surface area contributed by atoms with Crippen molar-refractivity contribution in [3.8, 4) is 28.7 Å². The molecule has 1 saturated heterocycles. The summed E-state index contributed by atoms with van der Waals surface area (Å²) in [7, 11) is 1.33. The molecule has 23 heavy (non-hydrogen) atoms. The Labute approximate surface area is 133 Å². The van der Waals surface area contributed by atoms with E-state index in [1.807, 2.05) is 0 Å². The molecule has 1 atom stereocenters. The first-order chi connectivity index (χ1) is 11.0. The van der Waals surface area contributed by atoms with Crippen molar-refractivity contribution < 1.29 is 29.6 Å². The third-order valence-electron chi connectivity index (χ3n) is 4.55. The molecule has 1 aromatic carbocycles. The van der Waals surface area contributed by atoms with E-state index in [9.17, 15) is 20.1 Å². The number of amides is 1. The monoisotopic (exact) mass is 323 g/mol. The fourth-order valence-electron chi connectivity index (χ4n) is 3.35. The van der Waals surface area contributed by atoms with Crippen LogP contribution in [0, 0.1) is 0 Å². The zero-order chi connectivity index (χ0) is 16.6. The van der Waals surface area contributed by atoms with Crippen LogP contribution in [0.1, 0.15) is 43.6 Å². The smallest absolute Gasteiger partial charge is 0.220 e. The second kappa shape index (κ2) is 6.06. The van der Waals surface area contributed by atoms with Crippen LogP contribution in [0.2, 0.25) is 0 Å². The minimum absolute atomic E-state index is 0.0315. The van der Waals surface area contributed by atoms with E-state index in [-0.39, 0.29) is 47.8 Å². The van der Waals surface area contributed by atoms with E-state index in [0.29, 0.717) is 0 Å². The molecular weight excluding hydrogens is 302 g/mol. The standard InChI is InChI=1S/C16H21NO6/c1-22-15-14(21)12(19)11(8-6-10(18)17-7-8)13(20)16(15)23-9-4-2-3-5-9/h8-9,19-21H,2-7H2,1H3,(H,17,18). The minimum Gasteiger partial charge on any atom is -0.504 e. The fourth-order valence-corrected chi connectivity index (χ4v) is 3.35. The van der Waals surface area contributed by atoms with Crippen LogP contribution in [0.3, 0.4) is 0 Å². The Hall–Kier alpha value is -2.31. The molecule has 4 N–H and O–H groups in total. The molecular formula is C16H21NO6. The zero-order valence-electron chi connectivity index (χ0n) is 13.0. The summed E-state index contributed by atoms with van der Waals surface area (Å²) < 4.78 is 10.9. The number of hydrogen-bond acceptors (Lipinski definition) is 6. The van der Waals surface area contributed by atoms with Gasteiger partial charge < -0.3 is 30.1 Å². The lowest BCUT2D eigenvalue weighted by Gasteiger charge is -2.22. The lowest BCUT2D eigenvalue weighted by atomic mass is 9.94. The number of rotatable bonds is 4. The van der Waals surface area contributed by atoms with Gasteiger partial charge in [-0.1, -0.05) is 0 Å². The van der Waals surface area contributed by atoms with Gasteiger partial charge in [0.15, 0.2) is 11.5 Å². The number of methoxy groups -OCH3 is 1. The fraction of sp³-hybridized carbons (Fsp3) is 0.562. The van der Waals surface area contributed by atoms with Gasteiger partial charge in [0.2, 0.25) is 23.2 Å². The van der Waals surface area contributed by atoms with Gasteiger partial charge in [0.1, 0.15) is 0 Å². The van der Waals surface area contributed by atoms with Crippen LogP contribution in [-0.2, 0) is 4.79 Å². The second-order valence-corrected chi connectivity index (χ2v) is 6.05. The summed E-state index contributed by atoms with van der Waals surface area (Å²) in [5.74, 6) is -1.87. The number of carbonyl (C=O) groups is 1. The van der Waals surface area contributed by atoms with E-state index in [4.69, 9.17) is 9.47 Å². The van der Waals surface area contributed by atoms with Crippen LogP contribution in [0.5, 0.6) is 28.7 Å². The molecule has 0 radical (unpaired) electrons. The van der Waals surface area contributed by atoms with Gasteiger partial charge in [-0.3, -0.25) is 4.79 Å². The third kappa shape index (κ3) is 2.71. The highest BCUT2D eigenvalue weighted by Crippen LogP contribution is 2.55. The van der Waals surface area contributed by atoms with Crippen molar-refractivity contribution in [1.82, 2.24) is 5.32 Å². The number of benzene rings is 1. The number of nitrogens with one attached hydrogen (secondary N) is 1. The molecule has 7 heteroatoms. The van der Waals surface area contributed by atoms with Crippen LogP contribution < -0.4 is 14.8 Å². The van der Waals surface area contributed by atoms with Gasteiger partial charge >= 0.3 is 0 Å². The van der Waals surface area contributed by atoms with E-state index in [0.717, 1.165) is 25.7 Å². The third-order valence-corrected chi connectivity index (χ3v) is 4.55. The Morgan fingerprint density at radius 3 is 2.30 bits per heavy atom. The molecule has 126 valence electrons. The Morgan fingerprint density at radius 2 is 1.74 bits per heavy atom. The maximum Gasteiger partial charge on any atom is 0.220 e. The van der Waals surface area contributed by atoms with Gasteiger partial charge in [-0.2, -0.15) is 0 Å². The van der Waals surface area contributed by atoms with Crippen molar-refractivity contribution in [3.05, 3.63) is 5.56 Å². The SMILES string of the molecule is COc1c(O)c(O)c(C2CNC(=O)C2)c(O)c1OC1CCCC1. The largest absolute Gasteiger partial charge is 0.504 e. The molecule has 1 amide bonds. The Morgan fingerprint density at radius 1 is 1.04 bits per heavy atom. The predicted octanol–water partition coefficient (Wildman–Crippen LogP) is 1.74. The average molecular weight is 323 g/mol. The normalized spacial score (nSPS) is 21.4. The molecule has 3 rings (SSSR count). The molecule has 7 nitrogen and oxygen atoms in total. The van der Waals surface area contributed by atoms with Gasteiger partial charge in [-0.15, -0.1) is 0 Å². The minimum atomic E-state index is -0.479. The van der Waals surface area contributed by atoms with Gasteiger partial charge in [0, 0.05) is 24.4 Å². The molecule has 2 fully saturated rings. The maximum absolute atomic E-state index is 11.4. The van der Waals surface area contributed by atoms with E-state index in [1.54, 1.807) is 0 Å². The molecule has 1 unspecified atom stereocenters. The Kier molecular flexibility index (Phi) is 4.11. The highest BCUT2D eigenvalue weighted by molar-refractivity contribution is 5.81. The molecule has 1 saturated carbocycles. The van der Waals surface area contributed by atoms with Crippen LogP contribution >= 0.6 is 0 Å². The zero-order valence-corrected chi connectivity index (χ0v) is 13.0. The van der Waals surface area contributed by atoms with Crippen molar-refractivity contribution in [2.75, 3.05) is 13.7 Å². The highest BCUT2D eigenvalue weighted by Gasteiger charge is 2.35. The number of aromatic hydroxyl groups is 3. The molecule has 1 aliphatic heterocycles. The summed E-state index contributed by atoms with van der Waals surface area (Å²) in [6.45, 7) is 0.286. The van der Waals surface area contributed by atoms with E-state index in [2.05, 4.69) is 5.32 Å². The van der Waals surface area contributed by atoms with E-state index in [1.165, 1.54) is 7.11 Å². The molecule has 2 aliphatic rings. The number of phenols is 3. The van der Waals surface area contributed by atoms with Crippen LogP contribution in [-0.4, -0.2) is 41.0 Å². The quantitative estimate of drug-likeness (QED) is 0.496. The first kappa shape index (κ1) is 15.6. The first-order valence-electron chi connectivity index (χ1n) is 7.81. The highest BCUT2D eigenvalue weighted by atomic mass is 16.5. The van der Waals surface area contributed by atoms with Crippen molar-refractivity contribution >= 4 is 5.91 Å². The Balaban J connectivity index is 2.05. The summed E-state index contributed by atoms with van der Waals surface area (Å²) in [4.78, 5) is 11.4. The van der Waals surface area contributed by atoms with Crippen LogP contribution in [0.4, 0.5) is 0 Å². The molecule has 0 aromatic heterocycles. The Bertz CT molecular complexity index is 624. The summed E-state index contributed by atoms with van der Waals surface area (Å²) in [5, 5.41) is 33.7. The van der Waals surface area contributed by atoms with Crippen molar-refractivity contribution in [1.29, 1.82) is 0 Å². The molecule has 0 bridgehead atoms. The van der Waals surface area contributed by atoms with Gasteiger partial charge in [0.05, 0.1) is 13.2 Å². The van der Waals surface area contributed by atoms with Gasteiger partial charge in [0.25, 0.3) is 0 Å². The second-order valence-electron chi connectivity index (χ2n) is 6.05. The van der Waals surface area contributed by atoms with Crippen molar-refractivity contribution in [2.45, 2.75) is 44.1 Å². The summed E-state index contributed by atoms with van der Waals surface area (Å²) in [6, 6.07) is 0. The lowest BCUT2D eigenvalue weighted by Crippen LogP contribution is -2.14.